The largest absolute Gasteiger partial charge is 0.397 e. The lowest BCUT2D eigenvalue weighted by Crippen LogP contribution is -2.16. The van der Waals surface area contributed by atoms with Gasteiger partial charge in [0.15, 0.2) is 10.2 Å². The highest BCUT2D eigenvalue weighted by molar-refractivity contribution is 7.92. The van der Waals surface area contributed by atoms with Crippen molar-refractivity contribution in [2.45, 2.75) is 11.9 Å². The van der Waals surface area contributed by atoms with Gasteiger partial charge in [-0.3, -0.25) is 4.72 Å². The molecule has 0 aliphatic carbocycles. The number of sulfonamides is 1. The molecule has 1 aromatic carbocycles. The van der Waals surface area contributed by atoms with Gasteiger partial charge < -0.3 is 5.73 Å². The molecule has 0 bridgehead atoms. The lowest BCUT2D eigenvalue weighted by molar-refractivity contribution is 0.596. The van der Waals surface area contributed by atoms with E-state index in [0.717, 1.165) is 11.3 Å². The summed E-state index contributed by atoms with van der Waals surface area (Å²) in [5, 5.41) is -0.179. The van der Waals surface area contributed by atoms with Crippen molar-refractivity contribution in [3.8, 4) is 11.3 Å². The van der Waals surface area contributed by atoms with Crippen LogP contribution in [0.25, 0.3) is 11.3 Å². The molecule has 0 saturated carbocycles. The van der Waals surface area contributed by atoms with Crippen LogP contribution < -0.4 is 10.5 Å². The van der Waals surface area contributed by atoms with Gasteiger partial charge in [0.1, 0.15) is 15.8 Å². The Labute approximate surface area is 162 Å². The minimum absolute atomic E-state index is 0.0263. The molecule has 2 aromatic heterocycles. The fourth-order valence-corrected chi connectivity index (χ4v) is 4.79. The SMILES string of the molecule is Cc1cc(N)cnc1S(=O)(=O)Nc1nc(-c2ccc(Cl)c(F)c2)c(Cl)s1. The van der Waals surface area contributed by atoms with E-state index >= 15 is 0 Å². The van der Waals surface area contributed by atoms with Crippen LogP contribution in [0.3, 0.4) is 0 Å². The van der Waals surface area contributed by atoms with Crippen molar-refractivity contribution in [2.24, 2.45) is 0 Å². The highest BCUT2D eigenvalue weighted by Crippen LogP contribution is 2.37. The van der Waals surface area contributed by atoms with Gasteiger partial charge in [0, 0.05) is 5.56 Å². The van der Waals surface area contributed by atoms with Crippen molar-refractivity contribution in [2.75, 3.05) is 10.5 Å². The number of nitrogens with zero attached hydrogens (tertiary/aromatic N) is 2. The molecule has 0 fully saturated rings. The summed E-state index contributed by atoms with van der Waals surface area (Å²) < 4.78 is 41.2. The zero-order valence-electron chi connectivity index (χ0n) is 13.1. The Balaban J connectivity index is 1.95. The molecule has 3 N–H and O–H groups in total. The molecule has 0 aliphatic rings. The number of pyridine rings is 1. The predicted octanol–water partition coefficient (Wildman–Crippen LogP) is 4.34. The molecule has 3 rings (SSSR count). The summed E-state index contributed by atoms with van der Waals surface area (Å²) in [7, 11) is -3.98. The van der Waals surface area contributed by atoms with Gasteiger partial charge in [0.05, 0.1) is 16.9 Å². The summed E-state index contributed by atoms with van der Waals surface area (Å²) in [4.78, 5) is 8.00. The maximum Gasteiger partial charge on any atom is 0.281 e. The van der Waals surface area contributed by atoms with E-state index in [0.29, 0.717) is 16.8 Å². The maximum atomic E-state index is 13.6. The van der Waals surface area contributed by atoms with Gasteiger partial charge >= 0.3 is 0 Å². The molecule has 0 unspecified atom stereocenters. The van der Waals surface area contributed by atoms with E-state index in [1.54, 1.807) is 6.92 Å². The number of rotatable bonds is 4. The molecule has 2 heterocycles. The number of aromatic nitrogens is 2. The molecule has 0 atom stereocenters. The highest BCUT2D eigenvalue weighted by Gasteiger charge is 2.22. The van der Waals surface area contributed by atoms with Crippen molar-refractivity contribution >= 4 is 55.4 Å². The fraction of sp³-hybridized carbons (Fsp3) is 0.0667. The number of nitrogen functional groups attached to an aromatic ring is 1. The second-order valence-electron chi connectivity index (χ2n) is 5.27. The van der Waals surface area contributed by atoms with E-state index in [2.05, 4.69) is 14.7 Å². The number of thiazole rings is 1. The Bertz CT molecular complexity index is 1100. The van der Waals surface area contributed by atoms with Gasteiger partial charge in [-0.25, -0.2) is 14.4 Å². The first-order valence-corrected chi connectivity index (χ1v) is 10.1. The van der Waals surface area contributed by atoms with Crippen LogP contribution in [0.15, 0.2) is 35.5 Å². The molecule has 26 heavy (non-hydrogen) atoms. The number of aryl methyl sites for hydroxylation is 1. The lowest BCUT2D eigenvalue weighted by atomic mass is 10.2. The summed E-state index contributed by atoms with van der Waals surface area (Å²) in [5.74, 6) is -0.628. The molecule has 11 heteroatoms. The molecule has 0 saturated heterocycles. The van der Waals surface area contributed by atoms with Crippen LogP contribution in [-0.2, 0) is 10.0 Å². The minimum Gasteiger partial charge on any atom is -0.397 e. The minimum atomic E-state index is -3.98. The van der Waals surface area contributed by atoms with Crippen LogP contribution in [-0.4, -0.2) is 18.4 Å². The first-order chi connectivity index (χ1) is 12.2. The Kier molecular flexibility index (Phi) is 5.07. The number of hydrogen-bond donors (Lipinski definition) is 2. The molecule has 3 aromatic rings. The Morgan fingerprint density at radius 3 is 2.65 bits per heavy atom. The Morgan fingerprint density at radius 2 is 2.00 bits per heavy atom. The Hall–Kier alpha value is -1.94. The third kappa shape index (κ3) is 3.75. The topological polar surface area (TPSA) is 98.0 Å². The van der Waals surface area contributed by atoms with Gasteiger partial charge in [-0.2, -0.15) is 8.42 Å². The molecule has 0 spiro atoms. The molecule has 0 aliphatic heterocycles. The van der Waals surface area contributed by atoms with Gasteiger partial charge in [0.2, 0.25) is 0 Å². The molecular formula is C15H11Cl2FN4O2S2. The summed E-state index contributed by atoms with van der Waals surface area (Å²) >= 11 is 12.7. The molecule has 0 amide bonds. The number of benzene rings is 1. The normalized spacial score (nSPS) is 11.5. The first kappa shape index (κ1) is 18.8. The average molecular weight is 433 g/mol. The number of anilines is 2. The van der Waals surface area contributed by atoms with E-state index in [9.17, 15) is 12.8 Å². The van der Waals surface area contributed by atoms with E-state index in [1.165, 1.54) is 30.5 Å². The van der Waals surface area contributed by atoms with Crippen LogP contribution in [0, 0.1) is 12.7 Å². The van der Waals surface area contributed by atoms with Crippen LogP contribution >= 0.6 is 34.5 Å². The number of nitrogens with one attached hydrogen (secondary N) is 1. The van der Waals surface area contributed by atoms with Crippen LogP contribution in [0.2, 0.25) is 9.36 Å². The molecular weight excluding hydrogens is 422 g/mol. The van der Waals surface area contributed by atoms with Crippen molar-refractivity contribution in [1.82, 2.24) is 9.97 Å². The third-order valence-corrected chi connectivity index (χ3v) is 6.31. The van der Waals surface area contributed by atoms with Gasteiger partial charge in [0.25, 0.3) is 10.0 Å². The monoisotopic (exact) mass is 432 g/mol. The molecule has 6 nitrogen and oxygen atoms in total. The maximum absolute atomic E-state index is 13.6. The van der Waals surface area contributed by atoms with Crippen LogP contribution in [0.1, 0.15) is 5.56 Å². The summed E-state index contributed by atoms with van der Waals surface area (Å²) in [6.45, 7) is 1.58. The summed E-state index contributed by atoms with van der Waals surface area (Å²) in [6.07, 6.45) is 1.25. The quantitative estimate of drug-likeness (QED) is 0.638. The number of hydrogen-bond acceptors (Lipinski definition) is 6. The van der Waals surface area contributed by atoms with Gasteiger partial charge in [-0.05, 0) is 30.7 Å². The second-order valence-corrected chi connectivity index (χ2v) is 8.87. The molecule has 136 valence electrons. The first-order valence-electron chi connectivity index (χ1n) is 7.04. The van der Waals surface area contributed by atoms with Crippen molar-refractivity contribution in [3.63, 3.8) is 0 Å². The van der Waals surface area contributed by atoms with Gasteiger partial charge in [-0.1, -0.05) is 40.6 Å². The van der Waals surface area contributed by atoms with Crippen LogP contribution in [0.4, 0.5) is 15.2 Å². The number of halogens is 3. The van der Waals surface area contributed by atoms with Crippen LogP contribution in [0.5, 0.6) is 0 Å². The van der Waals surface area contributed by atoms with E-state index in [-0.39, 0.29) is 25.2 Å². The summed E-state index contributed by atoms with van der Waals surface area (Å²) in [5.41, 5.74) is 6.95. The predicted molar refractivity (Wildman–Crippen MR) is 102 cm³/mol. The average Bonchev–Trinajstić information content (AvgIpc) is 2.89. The lowest BCUT2D eigenvalue weighted by Gasteiger charge is -2.07. The number of nitrogens with two attached hydrogens (primary N) is 1. The van der Waals surface area contributed by atoms with Gasteiger partial charge in [-0.15, -0.1) is 0 Å². The second kappa shape index (κ2) is 6.99. The highest BCUT2D eigenvalue weighted by atomic mass is 35.5. The van der Waals surface area contributed by atoms with E-state index in [1.807, 2.05) is 0 Å². The molecule has 0 radical (unpaired) electrons. The van der Waals surface area contributed by atoms with Crippen molar-refractivity contribution < 1.29 is 12.8 Å². The standard InChI is InChI=1S/C15H11Cl2FN4O2S2/c1-7-4-9(19)6-20-14(7)26(23,24)22-15-21-12(13(17)25-15)8-2-3-10(16)11(18)5-8/h2-6H,19H2,1H3,(H,21,22). The van der Waals surface area contributed by atoms with Crippen molar-refractivity contribution in [1.29, 1.82) is 0 Å². The smallest absolute Gasteiger partial charge is 0.281 e. The van der Waals surface area contributed by atoms with E-state index < -0.39 is 15.8 Å². The third-order valence-electron chi connectivity index (χ3n) is 3.31. The van der Waals surface area contributed by atoms with E-state index in [4.69, 9.17) is 28.9 Å². The zero-order valence-corrected chi connectivity index (χ0v) is 16.3. The fourth-order valence-electron chi connectivity index (χ4n) is 2.20. The zero-order chi connectivity index (χ0) is 19.1. The summed E-state index contributed by atoms with van der Waals surface area (Å²) in [6, 6.07) is 5.58. The van der Waals surface area contributed by atoms with Crippen molar-refractivity contribution in [3.05, 3.63) is 51.2 Å². The Morgan fingerprint density at radius 1 is 1.27 bits per heavy atom.